The Hall–Kier alpha value is -3.24. The van der Waals surface area contributed by atoms with Crippen LogP contribution in [0.1, 0.15) is 20.5 Å². The number of cyclic esters (lactones) is 1. The minimum Gasteiger partial charge on any atom is -0.449 e. The highest BCUT2D eigenvalue weighted by molar-refractivity contribution is 5.91. The van der Waals surface area contributed by atoms with Gasteiger partial charge in [-0.2, -0.15) is 5.10 Å². The molecule has 3 heterocycles. The fourth-order valence-electron chi connectivity index (χ4n) is 3.48. The van der Waals surface area contributed by atoms with Crippen molar-refractivity contribution >= 4 is 23.5 Å². The van der Waals surface area contributed by atoms with Crippen molar-refractivity contribution < 1.29 is 28.9 Å². The highest BCUT2D eigenvalue weighted by Gasteiger charge is 2.33. The average molecular weight is 411 g/mol. The number of rotatable bonds is 2. The number of halogens is 3. The van der Waals surface area contributed by atoms with E-state index in [0.29, 0.717) is 49.6 Å². The molecule has 1 saturated heterocycles. The molecule has 1 atom stereocenters. The lowest BCUT2D eigenvalue weighted by Crippen LogP contribution is -2.47. The molecule has 1 aromatic carbocycles. The molecule has 0 spiro atoms. The van der Waals surface area contributed by atoms with Gasteiger partial charge in [0.2, 0.25) is 0 Å². The zero-order valence-corrected chi connectivity index (χ0v) is 15.5. The van der Waals surface area contributed by atoms with Crippen molar-refractivity contribution in [3.05, 3.63) is 41.5 Å². The maximum absolute atomic E-state index is 13.4. The third kappa shape index (κ3) is 3.47. The second-order valence-corrected chi connectivity index (χ2v) is 6.94. The summed E-state index contributed by atoms with van der Waals surface area (Å²) in [4.78, 5) is 27.7. The van der Waals surface area contributed by atoms with E-state index < -0.39 is 29.6 Å². The van der Waals surface area contributed by atoms with Crippen LogP contribution in [0, 0.1) is 17.5 Å². The second-order valence-electron chi connectivity index (χ2n) is 6.94. The van der Waals surface area contributed by atoms with E-state index in [2.05, 4.69) is 10.4 Å². The first-order chi connectivity index (χ1) is 13.8. The van der Waals surface area contributed by atoms with Gasteiger partial charge in [-0.15, -0.1) is 0 Å². The number of amides is 3. The number of ether oxygens (including phenoxy) is 1. The predicted octanol–water partition coefficient (Wildman–Crippen LogP) is 3.33. The van der Waals surface area contributed by atoms with Gasteiger partial charge in [0.1, 0.15) is 0 Å². The number of fused-ring (bicyclic) bond motifs is 1. The molecule has 0 unspecified atom stereocenters. The van der Waals surface area contributed by atoms with Crippen LogP contribution in [0.2, 0.25) is 0 Å². The molecule has 0 radical (unpaired) electrons. The van der Waals surface area contributed by atoms with Crippen LogP contribution in [0.3, 0.4) is 0 Å². The molecule has 0 aliphatic carbocycles. The molecule has 2 aliphatic rings. The summed E-state index contributed by atoms with van der Waals surface area (Å²) >= 11 is 0. The van der Waals surface area contributed by atoms with E-state index >= 15 is 0 Å². The van der Waals surface area contributed by atoms with Crippen molar-refractivity contribution in [2.24, 2.45) is 0 Å². The van der Waals surface area contributed by atoms with Gasteiger partial charge in [0.25, 0.3) is 0 Å². The van der Waals surface area contributed by atoms with E-state index in [-0.39, 0.29) is 19.7 Å². The van der Waals surface area contributed by atoms with E-state index in [0.717, 1.165) is 0 Å². The van der Waals surface area contributed by atoms with Crippen LogP contribution < -0.4 is 10.2 Å². The van der Waals surface area contributed by atoms with Gasteiger partial charge in [0.15, 0.2) is 17.5 Å². The van der Waals surface area contributed by atoms with Gasteiger partial charge >= 0.3 is 12.1 Å². The van der Waals surface area contributed by atoms with Gasteiger partial charge in [0, 0.05) is 25.8 Å². The molecule has 11 heteroatoms. The summed E-state index contributed by atoms with van der Waals surface area (Å²) in [6, 6.07) is 0.538. The molecule has 0 bridgehead atoms. The smallest absolute Gasteiger partial charge is 0.414 e. The van der Waals surface area contributed by atoms with Crippen molar-refractivity contribution in [2.45, 2.75) is 32.5 Å². The molecule has 0 saturated carbocycles. The number of benzene rings is 1. The zero-order chi connectivity index (χ0) is 20.7. The maximum Gasteiger partial charge on any atom is 0.414 e. The summed E-state index contributed by atoms with van der Waals surface area (Å²) < 4.78 is 46.7. The second kappa shape index (κ2) is 7.30. The molecule has 156 valence electrons. The van der Waals surface area contributed by atoms with Crippen LogP contribution >= 0.6 is 0 Å². The molecule has 1 aromatic heterocycles. The summed E-state index contributed by atoms with van der Waals surface area (Å²) in [5.74, 6) is -4.39. The molecule has 2 aromatic rings. The minimum atomic E-state index is -1.60. The number of aromatic nitrogens is 2. The Morgan fingerprint density at radius 2 is 2.03 bits per heavy atom. The van der Waals surface area contributed by atoms with Crippen molar-refractivity contribution in [2.75, 3.05) is 23.4 Å². The molecule has 8 nitrogen and oxygen atoms in total. The summed E-state index contributed by atoms with van der Waals surface area (Å²) in [7, 11) is 0. The highest BCUT2D eigenvalue weighted by atomic mass is 19.2. The number of carbonyl (C=O) groups excluding carboxylic acids is 2. The van der Waals surface area contributed by atoms with Crippen molar-refractivity contribution in [1.82, 2.24) is 14.7 Å². The Morgan fingerprint density at radius 3 is 2.72 bits per heavy atom. The summed E-state index contributed by atoms with van der Waals surface area (Å²) in [5.41, 5.74) is 1.00. The van der Waals surface area contributed by atoms with E-state index in [1.54, 1.807) is 17.8 Å². The molecule has 1 fully saturated rings. The molecule has 1 N–H and O–H groups in total. The van der Waals surface area contributed by atoms with Crippen LogP contribution in [-0.4, -0.2) is 46.0 Å². The van der Waals surface area contributed by atoms with Crippen molar-refractivity contribution in [1.29, 1.82) is 0 Å². The fourth-order valence-corrected chi connectivity index (χ4v) is 3.48. The van der Waals surface area contributed by atoms with Crippen molar-refractivity contribution in [3.63, 3.8) is 0 Å². The monoisotopic (exact) mass is 411 g/mol. The molecule has 2 aliphatic heterocycles. The van der Waals surface area contributed by atoms with E-state index in [4.69, 9.17) is 4.74 Å². The number of hydrogen-bond donors (Lipinski definition) is 1. The van der Waals surface area contributed by atoms with Gasteiger partial charge in [-0.25, -0.2) is 22.8 Å². The standard InChI is InChI=1S/C18H18F3N5O3.H2/c1-10-8-26-15(14(7-22-26)24-3-2-4-29-18(24)28)9-25(10)17(27)23-11-5-12(19)16(21)13(20)6-11;/h5-7,10H,2-4,8-9H2,1H3,(H,23,27);1H/t10-;/m0./s1. The normalized spacial score (nSPS) is 19.0. The lowest BCUT2D eigenvalue weighted by atomic mass is 10.2. The van der Waals surface area contributed by atoms with Gasteiger partial charge in [0.05, 0.1) is 43.3 Å². The maximum atomic E-state index is 13.4. The molecular formula is C18H20F3N5O3. The first-order valence-electron chi connectivity index (χ1n) is 9.06. The van der Waals surface area contributed by atoms with Crippen LogP contribution in [-0.2, 0) is 17.8 Å². The van der Waals surface area contributed by atoms with Gasteiger partial charge in [-0.05, 0) is 13.3 Å². The average Bonchev–Trinajstić information content (AvgIpc) is 3.08. The molecule has 3 amide bonds. The first-order valence-corrected chi connectivity index (χ1v) is 9.06. The Labute approximate surface area is 165 Å². The van der Waals surface area contributed by atoms with Gasteiger partial charge < -0.3 is 15.0 Å². The first kappa shape index (κ1) is 19.1. The number of anilines is 2. The quantitative estimate of drug-likeness (QED) is 0.769. The predicted molar refractivity (Wildman–Crippen MR) is 98.0 cm³/mol. The van der Waals surface area contributed by atoms with E-state index in [1.165, 1.54) is 9.80 Å². The topological polar surface area (TPSA) is 79.7 Å². The van der Waals surface area contributed by atoms with Crippen molar-refractivity contribution in [3.8, 4) is 0 Å². The Balaban J connectivity index is 0.00000256. The van der Waals surface area contributed by atoms with Crippen LogP contribution in [0.25, 0.3) is 0 Å². The Bertz CT molecular complexity index is 963. The number of nitrogens with one attached hydrogen (secondary N) is 1. The molecule has 4 rings (SSSR count). The van der Waals surface area contributed by atoms with Crippen LogP contribution in [0.5, 0.6) is 0 Å². The minimum absolute atomic E-state index is 0. The number of hydrogen-bond acceptors (Lipinski definition) is 4. The highest BCUT2D eigenvalue weighted by Crippen LogP contribution is 2.29. The number of nitrogens with zero attached hydrogens (tertiary/aromatic N) is 4. The molecular weight excluding hydrogens is 391 g/mol. The van der Waals surface area contributed by atoms with E-state index in [1.807, 2.05) is 0 Å². The lowest BCUT2D eigenvalue weighted by molar-refractivity contribution is 0.139. The van der Waals surface area contributed by atoms with Crippen LogP contribution in [0.15, 0.2) is 18.3 Å². The lowest BCUT2D eigenvalue weighted by Gasteiger charge is -2.35. The zero-order valence-electron chi connectivity index (χ0n) is 15.5. The summed E-state index contributed by atoms with van der Waals surface area (Å²) in [6.45, 7) is 3.13. The fraction of sp³-hybridized carbons (Fsp3) is 0.389. The molecule has 29 heavy (non-hydrogen) atoms. The van der Waals surface area contributed by atoms with Crippen LogP contribution in [0.4, 0.5) is 34.1 Å². The Kier molecular flexibility index (Phi) is 4.81. The largest absolute Gasteiger partial charge is 0.449 e. The SMILES string of the molecule is C[C@H]1Cn2ncc(N3CCCOC3=O)c2CN1C(=O)Nc1cc(F)c(F)c(F)c1.[HH]. The van der Waals surface area contributed by atoms with Gasteiger partial charge in [-0.1, -0.05) is 0 Å². The summed E-state index contributed by atoms with van der Waals surface area (Å²) in [5, 5.41) is 6.68. The Morgan fingerprint density at radius 1 is 1.31 bits per heavy atom. The third-order valence-electron chi connectivity index (χ3n) is 4.97. The number of carbonyl (C=O) groups is 2. The third-order valence-corrected chi connectivity index (χ3v) is 4.97. The number of urea groups is 1. The summed E-state index contributed by atoms with van der Waals surface area (Å²) in [6.07, 6.45) is 1.76. The van der Waals surface area contributed by atoms with Gasteiger partial charge in [-0.3, -0.25) is 9.58 Å². The van der Waals surface area contributed by atoms with E-state index in [9.17, 15) is 22.8 Å².